The van der Waals surface area contributed by atoms with E-state index in [0.717, 1.165) is 18.5 Å². The molecule has 4 saturated heterocycles. The molecular formula is C16H27O3P. The van der Waals surface area contributed by atoms with Gasteiger partial charge in [-0.2, -0.15) is 0 Å². The van der Waals surface area contributed by atoms with Crippen LogP contribution in [0.25, 0.3) is 0 Å². The van der Waals surface area contributed by atoms with Gasteiger partial charge in [-0.05, 0) is 54.1 Å². The Morgan fingerprint density at radius 3 is 1.75 bits per heavy atom. The van der Waals surface area contributed by atoms with Crippen LogP contribution < -0.4 is 0 Å². The average Bonchev–Trinajstić information content (AvgIpc) is 2.22. The number of hydrogen-bond donors (Lipinski definition) is 0. The van der Waals surface area contributed by atoms with Crippen LogP contribution in [0.1, 0.15) is 72.6 Å². The second-order valence-electron chi connectivity index (χ2n) is 7.94. The van der Waals surface area contributed by atoms with Crippen molar-refractivity contribution in [2.24, 2.45) is 0 Å². The van der Waals surface area contributed by atoms with E-state index in [2.05, 4.69) is 27.7 Å². The van der Waals surface area contributed by atoms with E-state index in [-0.39, 0.29) is 18.6 Å². The lowest BCUT2D eigenvalue weighted by atomic mass is 9.97. The van der Waals surface area contributed by atoms with Crippen LogP contribution in [0.2, 0.25) is 0 Å². The van der Waals surface area contributed by atoms with Crippen molar-refractivity contribution in [3.63, 3.8) is 0 Å². The van der Waals surface area contributed by atoms with E-state index >= 15 is 0 Å². The molecule has 0 N–H and O–H groups in total. The molecule has 3 nitrogen and oxygen atoms in total. The Balaban J connectivity index is 1.74. The van der Waals surface area contributed by atoms with Crippen molar-refractivity contribution in [2.75, 3.05) is 0 Å². The smallest absolute Gasteiger partial charge is 0.173 e. The van der Waals surface area contributed by atoms with E-state index in [1.54, 1.807) is 0 Å². The zero-order valence-electron chi connectivity index (χ0n) is 13.2. The molecule has 4 atom stereocenters. The van der Waals surface area contributed by atoms with Gasteiger partial charge < -0.3 is 14.2 Å². The Labute approximate surface area is 123 Å². The SMILES string of the molecule is CC12CC3(C)OC(C)(CC(C)(O1)P3C1CCCCC1)O2. The second-order valence-corrected chi connectivity index (χ2v) is 11.3. The molecule has 5 rings (SSSR count). The Morgan fingerprint density at radius 1 is 0.750 bits per heavy atom. The molecule has 1 saturated carbocycles. The molecule has 4 aliphatic heterocycles. The summed E-state index contributed by atoms with van der Waals surface area (Å²) >= 11 is 0. The van der Waals surface area contributed by atoms with Crippen LogP contribution in [0.4, 0.5) is 0 Å². The summed E-state index contributed by atoms with van der Waals surface area (Å²) in [7, 11) is -0.276. The van der Waals surface area contributed by atoms with Crippen LogP contribution in [-0.4, -0.2) is 27.9 Å². The minimum Gasteiger partial charge on any atom is -0.339 e. The summed E-state index contributed by atoms with van der Waals surface area (Å²) in [5, 5.41) is -0.0469. The van der Waals surface area contributed by atoms with Gasteiger partial charge in [0.05, 0.1) is 10.7 Å². The Hall–Kier alpha value is 0.310. The van der Waals surface area contributed by atoms with Gasteiger partial charge in [-0.1, -0.05) is 19.3 Å². The third-order valence-corrected chi connectivity index (χ3v) is 9.34. The summed E-state index contributed by atoms with van der Waals surface area (Å²) in [5.41, 5.74) is 0.820. The molecule has 0 aromatic heterocycles. The molecule has 4 heteroatoms. The fourth-order valence-corrected chi connectivity index (χ4v) is 10.6. The van der Waals surface area contributed by atoms with Gasteiger partial charge in [0.1, 0.15) is 0 Å². The molecule has 20 heavy (non-hydrogen) atoms. The second kappa shape index (κ2) is 3.98. The van der Waals surface area contributed by atoms with Crippen molar-refractivity contribution in [2.45, 2.75) is 101 Å². The van der Waals surface area contributed by atoms with Crippen molar-refractivity contribution in [1.29, 1.82) is 0 Å². The van der Waals surface area contributed by atoms with Crippen LogP contribution in [0.3, 0.4) is 0 Å². The lowest BCUT2D eigenvalue weighted by Crippen LogP contribution is -2.72. The predicted octanol–water partition coefficient (Wildman–Crippen LogP) is 4.54. The lowest BCUT2D eigenvalue weighted by molar-refractivity contribution is -0.468. The van der Waals surface area contributed by atoms with Gasteiger partial charge >= 0.3 is 0 Å². The van der Waals surface area contributed by atoms with Crippen LogP contribution in [0.15, 0.2) is 0 Å². The summed E-state index contributed by atoms with van der Waals surface area (Å²) in [5.74, 6) is -0.884. The largest absolute Gasteiger partial charge is 0.339 e. The standard InChI is InChI=1S/C16H27O3P/c1-13-10-15(3)19-14(2,17-13)11-16(4,18-13)20(15)12-8-6-5-7-9-12/h12H,5-11H2,1-4H3. The maximum absolute atomic E-state index is 6.52. The molecule has 0 aromatic carbocycles. The van der Waals surface area contributed by atoms with Gasteiger partial charge in [-0.15, -0.1) is 0 Å². The zero-order valence-corrected chi connectivity index (χ0v) is 14.1. The van der Waals surface area contributed by atoms with Crippen molar-refractivity contribution in [1.82, 2.24) is 0 Å². The first-order valence-electron chi connectivity index (χ1n) is 8.16. The predicted molar refractivity (Wildman–Crippen MR) is 79.9 cm³/mol. The fraction of sp³-hybridized carbons (Fsp3) is 1.00. The summed E-state index contributed by atoms with van der Waals surface area (Å²) in [6.45, 7) is 8.90. The molecular weight excluding hydrogens is 271 g/mol. The van der Waals surface area contributed by atoms with E-state index in [1.807, 2.05) is 0 Å². The highest BCUT2D eigenvalue weighted by atomic mass is 31.1. The number of hydrogen-bond acceptors (Lipinski definition) is 3. The van der Waals surface area contributed by atoms with Crippen LogP contribution in [-0.2, 0) is 14.2 Å². The van der Waals surface area contributed by atoms with Gasteiger partial charge in [0, 0.05) is 12.8 Å². The van der Waals surface area contributed by atoms with Gasteiger partial charge in [0.15, 0.2) is 11.6 Å². The van der Waals surface area contributed by atoms with E-state index in [0.29, 0.717) is 0 Å². The van der Waals surface area contributed by atoms with Gasteiger partial charge in [0.25, 0.3) is 0 Å². The van der Waals surface area contributed by atoms with Gasteiger partial charge in [0.2, 0.25) is 0 Å². The van der Waals surface area contributed by atoms with Crippen molar-refractivity contribution in [3.8, 4) is 0 Å². The lowest BCUT2D eigenvalue weighted by Gasteiger charge is -2.71. The third kappa shape index (κ3) is 1.86. The number of rotatable bonds is 1. The first-order chi connectivity index (χ1) is 9.26. The molecule has 5 aliphatic rings. The van der Waals surface area contributed by atoms with E-state index in [9.17, 15) is 0 Å². The molecule has 4 unspecified atom stereocenters. The van der Waals surface area contributed by atoms with Crippen LogP contribution >= 0.6 is 7.92 Å². The monoisotopic (exact) mass is 298 g/mol. The molecule has 114 valence electrons. The van der Waals surface area contributed by atoms with Gasteiger partial charge in [-0.3, -0.25) is 0 Å². The third-order valence-electron chi connectivity index (χ3n) is 5.56. The molecule has 0 radical (unpaired) electrons. The van der Waals surface area contributed by atoms with Crippen LogP contribution in [0, 0.1) is 0 Å². The van der Waals surface area contributed by atoms with Crippen molar-refractivity contribution in [3.05, 3.63) is 0 Å². The van der Waals surface area contributed by atoms with E-state index < -0.39 is 11.6 Å². The topological polar surface area (TPSA) is 27.7 Å². The van der Waals surface area contributed by atoms with Crippen LogP contribution in [0.5, 0.6) is 0 Å². The molecule has 5 fully saturated rings. The molecule has 0 aromatic rings. The number of ether oxygens (including phenoxy) is 3. The highest BCUT2D eigenvalue weighted by Crippen LogP contribution is 2.79. The summed E-state index contributed by atoms with van der Waals surface area (Å²) < 4.78 is 19.2. The van der Waals surface area contributed by atoms with E-state index in [4.69, 9.17) is 14.2 Å². The van der Waals surface area contributed by atoms with Crippen molar-refractivity contribution < 1.29 is 14.2 Å². The molecule has 4 heterocycles. The first kappa shape index (κ1) is 13.9. The average molecular weight is 298 g/mol. The minimum atomic E-state index is -0.442. The Bertz CT molecular complexity index is 387. The Morgan fingerprint density at radius 2 is 1.25 bits per heavy atom. The molecule has 0 amide bonds. The highest BCUT2D eigenvalue weighted by Gasteiger charge is 2.71. The maximum atomic E-state index is 6.52. The summed E-state index contributed by atoms with van der Waals surface area (Å²) in [6, 6.07) is 0. The fourth-order valence-electron chi connectivity index (χ4n) is 5.72. The molecule has 4 bridgehead atoms. The highest BCUT2D eigenvalue weighted by molar-refractivity contribution is 7.61. The summed E-state index contributed by atoms with van der Waals surface area (Å²) in [6.07, 6.45) is 8.73. The Kier molecular flexibility index (Phi) is 2.78. The van der Waals surface area contributed by atoms with Gasteiger partial charge in [-0.25, -0.2) is 0 Å². The summed E-state index contributed by atoms with van der Waals surface area (Å²) in [4.78, 5) is 0. The molecule has 0 spiro atoms. The molecule has 1 aliphatic carbocycles. The van der Waals surface area contributed by atoms with E-state index in [1.165, 1.54) is 32.1 Å². The normalized spacial score (nSPS) is 59.1. The maximum Gasteiger partial charge on any atom is 0.173 e. The first-order valence-corrected chi connectivity index (χ1v) is 9.57. The minimum absolute atomic E-state index is 0.0235. The quantitative estimate of drug-likeness (QED) is 0.665. The van der Waals surface area contributed by atoms with Crippen molar-refractivity contribution >= 4 is 7.92 Å². The zero-order chi connectivity index (χ0) is 14.2.